The minimum Gasteiger partial charge on any atom is -0.457 e. The van der Waals surface area contributed by atoms with E-state index in [1.807, 2.05) is 66.7 Å². The number of amides is 1. The van der Waals surface area contributed by atoms with Crippen molar-refractivity contribution in [1.29, 1.82) is 0 Å². The fourth-order valence-electron chi connectivity index (χ4n) is 6.35. The molecule has 0 aromatic carbocycles. The summed E-state index contributed by atoms with van der Waals surface area (Å²) in [7, 11) is 0. The van der Waals surface area contributed by atoms with Gasteiger partial charge >= 0.3 is 12.1 Å². The summed E-state index contributed by atoms with van der Waals surface area (Å²) in [5, 5.41) is 42.7. The van der Waals surface area contributed by atoms with E-state index in [1.165, 1.54) is 0 Å². The minimum atomic E-state index is -1.32. The Balaban J connectivity index is 2.24. The van der Waals surface area contributed by atoms with Crippen molar-refractivity contribution in [2.45, 2.75) is 124 Å². The van der Waals surface area contributed by atoms with Crippen molar-refractivity contribution in [2.24, 2.45) is 23.2 Å². The van der Waals surface area contributed by atoms with Crippen LogP contribution in [0.1, 0.15) is 87.5 Å². The predicted octanol–water partition coefficient (Wildman–Crippen LogP) is 5.02. The molecule has 2 rings (SSSR count). The van der Waals surface area contributed by atoms with Crippen LogP contribution in [0.3, 0.4) is 0 Å². The fourth-order valence-corrected chi connectivity index (χ4v) is 6.35. The van der Waals surface area contributed by atoms with Crippen LogP contribution in [-0.4, -0.2) is 111 Å². The minimum absolute atomic E-state index is 0.0914. The van der Waals surface area contributed by atoms with Crippen molar-refractivity contribution in [2.75, 3.05) is 32.7 Å². The Hall–Kier alpha value is -2.50. The fraction of sp³-hybridized carbons (Fsp3) is 0.737. The summed E-state index contributed by atoms with van der Waals surface area (Å²) in [5.41, 5.74) is -1.11. The van der Waals surface area contributed by atoms with Gasteiger partial charge in [-0.1, -0.05) is 71.9 Å². The van der Waals surface area contributed by atoms with Crippen LogP contribution in [0.5, 0.6) is 0 Å². The second-order valence-corrected chi connectivity index (χ2v) is 15.0. The predicted molar refractivity (Wildman–Crippen MR) is 189 cm³/mol. The Morgan fingerprint density at radius 3 is 2.40 bits per heavy atom. The summed E-state index contributed by atoms with van der Waals surface area (Å²) < 4.78 is 12.0. The van der Waals surface area contributed by atoms with Crippen LogP contribution in [0.2, 0.25) is 0 Å². The van der Waals surface area contributed by atoms with Gasteiger partial charge in [-0.25, -0.2) is 4.79 Å². The van der Waals surface area contributed by atoms with Crippen LogP contribution < -0.4 is 0 Å². The molecule has 2 aliphatic rings. The molecule has 1 fully saturated rings. The van der Waals surface area contributed by atoms with Crippen LogP contribution in [0.25, 0.3) is 0 Å². The average molecular weight is 677 g/mol. The lowest BCUT2D eigenvalue weighted by atomic mass is 9.80. The molecule has 9 atom stereocenters. The number of rotatable bonds is 12. The zero-order valence-corrected chi connectivity index (χ0v) is 30.7. The number of ether oxygens (including phenoxy) is 2. The van der Waals surface area contributed by atoms with E-state index in [-0.39, 0.29) is 36.7 Å². The van der Waals surface area contributed by atoms with E-state index in [0.717, 1.165) is 25.2 Å². The standard InChI is InChI=1S/C38H64N2O8/c1-10-19-39-20-22-40(23-21-39)36(45)47-33-15-14-27(4)35(48-34(44)24-30(41)16-18-37(33,7)8)26(3)13-12-17-38(9,46)25-32(43)29(6)28(5)31(42)11-2/h10,12-15,17,27-33,35,41-43,46H,1,11,16,18-25H2,2-9H3/b15-14+,17-12+,26-13+. The zero-order valence-electron chi connectivity index (χ0n) is 30.7. The molecule has 0 radical (unpaired) electrons. The lowest BCUT2D eigenvalue weighted by Crippen LogP contribution is -2.50. The summed E-state index contributed by atoms with van der Waals surface area (Å²) >= 11 is 0. The number of hydrogen-bond donors (Lipinski definition) is 4. The second kappa shape index (κ2) is 19.0. The molecule has 4 N–H and O–H groups in total. The number of aliphatic hydroxyl groups excluding tert-OH is 3. The quantitative estimate of drug-likeness (QED) is 0.128. The van der Waals surface area contributed by atoms with E-state index in [9.17, 15) is 30.0 Å². The van der Waals surface area contributed by atoms with Crippen molar-refractivity contribution < 1.29 is 39.5 Å². The van der Waals surface area contributed by atoms with Gasteiger partial charge in [0.2, 0.25) is 0 Å². The number of aliphatic hydroxyl groups is 4. The Labute approximate surface area is 289 Å². The molecule has 274 valence electrons. The van der Waals surface area contributed by atoms with E-state index in [4.69, 9.17) is 9.47 Å². The Morgan fingerprint density at radius 1 is 1.17 bits per heavy atom. The average Bonchev–Trinajstić information content (AvgIpc) is 3.02. The number of cyclic esters (lactones) is 1. The molecule has 0 aromatic rings. The summed E-state index contributed by atoms with van der Waals surface area (Å²) in [6.45, 7) is 22.3. The van der Waals surface area contributed by atoms with E-state index in [0.29, 0.717) is 32.4 Å². The third-order valence-corrected chi connectivity index (χ3v) is 10.2. The molecular weight excluding hydrogens is 612 g/mol. The lowest BCUT2D eigenvalue weighted by molar-refractivity contribution is -0.151. The first-order chi connectivity index (χ1) is 22.4. The van der Waals surface area contributed by atoms with Gasteiger partial charge in [-0.15, -0.1) is 6.58 Å². The summed E-state index contributed by atoms with van der Waals surface area (Å²) in [4.78, 5) is 30.1. The van der Waals surface area contributed by atoms with Crippen molar-refractivity contribution in [3.63, 3.8) is 0 Å². The second-order valence-electron chi connectivity index (χ2n) is 15.0. The number of nitrogens with zero attached hydrogens (tertiary/aromatic N) is 2. The van der Waals surface area contributed by atoms with Gasteiger partial charge in [-0.2, -0.15) is 0 Å². The lowest BCUT2D eigenvalue weighted by Gasteiger charge is -2.37. The maximum atomic E-state index is 13.3. The van der Waals surface area contributed by atoms with Crippen molar-refractivity contribution in [3.05, 3.63) is 48.6 Å². The van der Waals surface area contributed by atoms with Crippen molar-refractivity contribution in [3.8, 4) is 0 Å². The van der Waals surface area contributed by atoms with Gasteiger partial charge in [0.15, 0.2) is 0 Å². The Morgan fingerprint density at radius 2 is 1.79 bits per heavy atom. The third-order valence-electron chi connectivity index (χ3n) is 10.2. The maximum absolute atomic E-state index is 13.3. The molecule has 0 spiro atoms. The molecule has 0 bridgehead atoms. The van der Waals surface area contributed by atoms with Gasteiger partial charge < -0.3 is 34.8 Å². The van der Waals surface area contributed by atoms with Crippen molar-refractivity contribution >= 4 is 12.1 Å². The highest BCUT2D eigenvalue weighted by atomic mass is 16.6. The molecule has 1 saturated heterocycles. The number of carbonyl (C=O) groups is 2. The van der Waals surface area contributed by atoms with Crippen LogP contribution in [0.15, 0.2) is 48.6 Å². The molecule has 0 saturated carbocycles. The normalized spacial score (nSPS) is 29.4. The largest absolute Gasteiger partial charge is 0.457 e. The molecule has 1 amide bonds. The highest BCUT2D eigenvalue weighted by Gasteiger charge is 2.35. The highest BCUT2D eigenvalue weighted by Crippen LogP contribution is 2.34. The van der Waals surface area contributed by atoms with E-state index in [1.54, 1.807) is 30.1 Å². The third kappa shape index (κ3) is 13.1. The van der Waals surface area contributed by atoms with Gasteiger partial charge in [0.25, 0.3) is 0 Å². The number of carbonyl (C=O) groups excluding carboxylic acids is 2. The molecule has 9 unspecified atom stereocenters. The first kappa shape index (κ1) is 41.7. The first-order valence-corrected chi connectivity index (χ1v) is 17.7. The van der Waals surface area contributed by atoms with Gasteiger partial charge in [0, 0.05) is 50.5 Å². The number of piperazine rings is 1. The molecule has 2 aliphatic heterocycles. The van der Waals surface area contributed by atoms with Crippen LogP contribution in [0, 0.1) is 23.2 Å². The molecule has 48 heavy (non-hydrogen) atoms. The Kier molecular flexibility index (Phi) is 16.5. The zero-order chi connectivity index (χ0) is 36.2. The van der Waals surface area contributed by atoms with Gasteiger partial charge in [0.05, 0.1) is 30.3 Å². The monoisotopic (exact) mass is 676 g/mol. The molecule has 10 nitrogen and oxygen atoms in total. The highest BCUT2D eigenvalue weighted by molar-refractivity contribution is 5.70. The Bertz CT molecular complexity index is 1120. The summed E-state index contributed by atoms with van der Waals surface area (Å²) in [5.74, 6) is -1.14. The molecule has 0 aromatic heterocycles. The number of esters is 1. The molecular formula is C38H64N2O8. The van der Waals surface area contributed by atoms with E-state index < -0.39 is 47.5 Å². The smallest absolute Gasteiger partial charge is 0.410 e. The van der Waals surface area contributed by atoms with Crippen LogP contribution >= 0.6 is 0 Å². The summed E-state index contributed by atoms with van der Waals surface area (Å²) in [6, 6.07) is 0. The van der Waals surface area contributed by atoms with E-state index in [2.05, 4.69) is 11.5 Å². The first-order valence-electron chi connectivity index (χ1n) is 17.7. The maximum Gasteiger partial charge on any atom is 0.410 e. The number of hydrogen-bond acceptors (Lipinski definition) is 9. The topological polar surface area (TPSA) is 140 Å². The van der Waals surface area contributed by atoms with Crippen LogP contribution in [-0.2, 0) is 14.3 Å². The molecule has 2 heterocycles. The summed E-state index contributed by atoms with van der Waals surface area (Å²) in [6.07, 6.45) is 8.26. The van der Waals surface area contributed by atoms with E-state index >= 15 is 0 Å². The van der Waals surface area contributed by atoms with Gasteiger partial charge in [-0.3, -0.25) is 9.69 Å². The van der Waals surface area contributed by atoms with Gasteiger partial charge in [0.1, 0.15) is 12.2 Å². The molecule has 10 heteroatoms. The van der Waals surface area contributed by atoms with Crippen LogP contribution in [0.4, 0.5) is 4.79 Å². The molecule has 0 aliphatic carbocycles. The SMILES string of the molecule is C=CCN1CCN(C(=O)OC2/C=C/C(C)C(/C(C)=C/C=C/C(C)(O)CC(O)C(C)C(C)C(O)CC)OC(=O)CC(O)CCC2(C)C)CC1. The van der Waals surface area contributed by atoms with Gasteiger partial charge in [-0.05, 0) is 56.6 Å². The number of allylic oxidation sites excluding steroid dienone is 2. The van der Waals surface area contributed by atoms with Crippen molar-refractivity contribution in [1.82, 2.24) is 9.80 Å².